The van der Waals surface area contributed by atoms with Crippen LogP contribution in [0.1, 0.15) is 22.8 Å². The second kappa shape index (κ2) is 8.05. The fourth-order valence-corrected chi connectivity index (χ4v) is 2.10. The summed E-state index contributed by atoms with van der Waals surface area (Å²) in [6.45, 7) is 1.90. The van der Waals surface area contributed by atoms with Crippen molar-refractivity contribution in [2.45, 2.75) is 19.6 Å². The van der Waals surface area contributed by atoms with E-state index >= 15 is 0 Å². The molecule has 0 amide bonds. The summed E-state index contributed by atoms with van der Waals surface area (Å²) < 4.78 is 5.68. The summed E-state index contributed by atoms with van der Waals surface area (Å²) in [5.41, 5.74) is 1.61. The Morgan fingerprint density at radius 1 is 1.26 bits per heavy atom. The molecule has 2 aromatic rings. The van der Waals surface area contributed by atoms with Crippen LogP contribution in [0.2, 0.25) is 0 Å². The van der Waals surface area contributed by atoms with Crippen molar-refractivity contribution < 1.29 is 14.6 Å². The van der Waals surface area contributed by atoms with Crippen LogP contribution in [-0.4, -0.2) is 24.0 Å². The van der Waals surface area contributed by atoms with Gasteiger partial charge in [-0.05, 0) is 24.6 Å². The van der Waals surface area contributed by atoms with Gasteiger partial charge >= 0.3 is 0 Å². The molecule has 0 spiro atoms. The van der Waals surface area contributed by atoms with Crippen molar-refractivity contribution >= 4 is 12.0 Å². The molecule has 0 fully saturated rings. The summed E-state index contributed by atoms with van der Waals surface area (Å²) >= 11 is 0. The first kappa shape index (κ1) is 16.6. The Hall–Kier alpha value is -2.73. The molecule has 0 aliphatic heterocycles. The summed E-state index contributed by atoms with van der Waals surface area (Å²) in [5.74, 6) is 0.508. The lowest BCUT2D eigenvalue weighted by Gasteiger charge is -2.19. The van der Waals surface area contributed by atoms with Gasteiger partial charge in [-0.3, -0.25) is 4.79 Å². The number of aliphatic hydroxyl groups is 1. The van der Waals surface area contributed by atoms with E-state index in [9.17, 15) is 14.8 Å². The molecule has 6 heteroatoms. The van der Waals surface area contributed by atoms with E-state index in [1.165, 1.54) is 6.92 Å². The molecule has 0 heterocycles. The van der Waals surface area contributed by atoms with Crippen LogP contribution < -0.4 is 9.75 Å². The Bertz CT molecular complexity index is 659. The molecule has 2 rings (SSSR count). The Morgan fingerprint density at radius 2 is 2.00 bits per heavy atom. The lowest BCUT2D eigenvalue weighted by atomic mass is 10.1. The van der Waals surface area contributed by atoms with Crippen molar-refractivity contribution in [3.63, 3.8) is 0 Å². The number of nitroso groups, excluding NO2 is 1. The van der Waals surface area contributed by atoms with E-state index in [1.54, 1.807) is 18.2 Å². The zero-order chi connectivity index (χ0) is 16.7. The number of benzene rings is 2. The molecule has 0 saturated heterocycles. The van der Waals surface area contributed by atoms with Gasteiger partial charge in [0.25, 0.3) is 0 Å². The molecule has 1 N–H and O–H groups in total. The van der Waals surface area contributed by atoms with Gasteiger partial charge in [0.1, 0.15) is 12.4 Å². The SMILES string of the molecule is C[C@@H](O)CN(N=O)c1cc(OCc2ccccc2)ccc1C=O. The third kappa shape index (κ3) is 4.62. The van der Waals surface area contributed by atoms with E-state index in [-0.39, 0.29) is 6.54 Å². The second-order valence-corrected chi connectivity index (χ2v) is 5.13. The number of carbonyl (C=O) groups excluding carboxylic acids is 1. The number of nitrogens with zero attached hydrogens (tertiary/aromatic N) is 2. The Morgan fingerprint density at radius 3 is 2.61 bits per heavy atom. The fraction of sp³-hybridized carbons (Fsp3) is 0.235. The quantitative estimate of drug-likeness (QED) is 0.460. The lowest BCUT2D eigenvalue weighted by Crippen LogP contribution is -2.26. The van der Waals surface area contributed by atoms with Crippen LogP contribution in [0.25, 0.3) is 0 Å². The maximum atomic E-state index is 11.2. The van der Waals surface area contributed by atoms with Gasteiger partial charge in [-0.25, -0.2) is 5.01 Å². The Labute approximate surface area is 134 Å². The van der Waals surface area contributed by atoms with Crippen LogP contribution in [0.4, 0.5) is 5.69 Å². The topological polar surface area (TPSA) is 79.2 Å². The van der Waals surface area contributed by atoms with E-state index in [0.29, 0.717) is 29.9 Å². The molecule has 0 radical (unpaired) electrons. The van der Waals surface area contributed by atoms with E-state index in [1.807, 2.05) is 30.3 Å². The van der Waals surface area contributed by atoms with Crippen LogP contribution in [0, 0.1) is 4.91 Å². The van der Waals surface area contributed by atoms with E-state index in [4.69, 9.17) is 4.74 Å². The molecule has 23 heavy (non-hydrogen) atoms. The molecular formula is C17H18N2O4. The van der Waals surface area contributed by atoms with Crippen LogP contribution in [-0.2, 0) is 6.61 Å². The number of aldehydes is 1. The molecule has 120 valence electrons. The highest BCUT2D eigenvalue weighted by atomic mass is 16.5. The highest BCUT2D eigenvalue weighted by Crippen LogP contribution is 2.26. The molecule has 6 nitrogen and oxygen atoms in total. The van der Waals surface area contributed by atoms with Crippen molar-refractivity contribution in [1.82, 2.24) is 0 Å². The van der Waals surface area contributed by atoms with Crippen LogP contribution in [0.15, 0.2) is 53.8 Å². The van der Waals surface area contributed by atoms with E-state index in [0.717, 1.165) is 10.6 Å². The first-order chi connectivity index (χ1) is 11.1. The van der Waals surface area contributed by atoms with Gasteiger partial charge in [-0.15, -0.1) is 4.91 Å². The summed E-state index contributed by atoms with van der Waals surface area (Å²) in [6, 6.07) is 14.4. The van der Waals surface area contributed by atoms with Gasteiger partial charge in [0.2, 0.25) is 0 Å². The minimum absolute atomic E-state index is 0.00746. The average Bonchev–Trinajstić information content (AvgIpc) is 2.58. The molecule has 1 atom stereocenters. The minimum Gasteiger partial charge on any atom is -0.489 e. The second-order valence-electron chi connectivity index (χ2n) is 5.13. The average molecular weight is 314 g/mol. The fourth-order valence-electron chi connectivity index (χ4n) is 2.10. The van der Waals surface area contributed by atoms with Crippen molar-refractivity contribution in [2.24, 2.45) is 5.29 Å². The number of rotatable bonds is 8. The van der Waals surface area contributed by atoms with Gasteiger partial charge in [0.05, 0.1) is 23.6 Å². The molecule has 0 unspecified atom stereocenters. The van der Waals surface area contributed by atoms with E-state index in [2.05, 4.69) is 5.29 Å². The zero-order valence-corrected chi connectivity index (χ0v) is 12.8. The number of anilines is 1. The van der Waals surface area contributed by atoms with Gasteiger partial charge in [0, 0.05) is 11.6 Å². The maximum Gasteiger partial charge on any atom is 0.152 e. The normalized spacial score (nSPS) is 11.6. The van der Waals surface area contributed by atoms with Crippen LogP contribution >= 0.6 is 0 Å². The van der Waals surface area contributed by atoms with Gasteiger partial charge < -0.3 is 9.84 Å². The van der Waals surface area contributed by atoms with Crippen molar-refractivity contribution in [2.75, 3.05) is 11.6 Å². The summed E-state index contributed by atoms with van der Waals surface area (Å²) in [7, 11) is 0. The van der Waals surface area contributed by atoms with Crippen molar-refractivity contribution in [3.05, 3.63) is 64.6 Å². The monoisotopic (exact) mass is 314 g/mol. The molecular weight excluding hydrogens is 296 g/mol. The minimum atomic E-state index is -0.763. The smallest absolute Gasteiger partial charge is 0.152 e. The third-order valence-corrected chi connectivity index (χ3v) is 3.19. The summed E-state index contributed by atoms with van der Waals surface area (Å²) in [5, 5.41) is 13.4. The third-order valence-electron chi connectivity index (χ3n) is 3.19. The standard InChI is InChI=1S/C17H18N2O4/c1-13(21)10-19(18-22)17-9-16(8-7-15(17)11-20)23-12-14-5-3-2-4-6-14/h2-9,11,13,21H,10,12H2,1H3/t13-/m1/s1. The molecule has 0 bridgehead atoms. The molecule has 0 aliphatic carbocycles. The molecule has 0 aromatic heterocycles. The largest absolute Gasteiger partial charge is 0.489 e. The van der Waals surface area contributed by atoms with Gasteiger partial charge in [-0.2, -0.15) is 0 Å². The van der Waals surface area contributed by atoms with Gasteiger partial charge in [-0.1, -0.05) is 30.3 Å². The van der Waals surface area contributed by atoms with Crippen LogP contribution in [0.5, 0.6) is 5.75 Å². The van der Waals surface area contributed by atoms with Gasteiger partial charge in [0.15, 0.2) is 6.29 Å². The van der Waals surface area contributed by atoms with Crippen molar-refractivity contribution in [1.29, 1.82) is 0 Å². The maximum absolute atomic E-state index is 11.2. The highest BCUT2D eigenvalue weighted by molar-refractivity contribution is 5.85. The molecule has 0 aliphatic rings. The predicted octanol–water partition coefficient (Wildman–Crippen LogP) is 2.95. The number of hydrogen-bond donors (Lipinski definition) is 1. The first-order valence-corrected chi connectivity index (χ1v) is 7.19. The number of ether oxygens (including phenoxy) is 1. The summed E-state index contributed by atoms with van der Waals surface area (Å²) in [4.78, 5) is 22.2. The molecule has 2 aromatic carbocycles. The number of aliphatic hydroxyl groups excluding tert-OH is 1. The first-order valence-electron chi connectivity index (χ1n) is 7.19. The zero-order valence-electron chi connectivity index (χ0n) is 12.8. The van der Waals surface area contributed by atoms with Crippen molar-refractivity contribution in [3.8, 4) is 5.75 Å². The molecule has 0 saturated carbocycles. The summed E-state index contributed by atoms with van der Waals surface area (Å²) in [6.07, 6.45) is -0.127. The number of hydrogen-bond acceptors (Lipinski definition) is 5. The van der Waals surface area contributed by atoms with Crippen LogP contribution in [0.3, 0.4) is 0 Å². The number of carbonyl (C=O) groups is 1. The highest BCUT2D eigenvalue weighted by Gasteiger charge is 2.15. The Balaban J connectivity index is 2.20. The Kier molecular flexibility index (Phi) is 5.82. The van der Waals surface area contributed by atoms with E-state index < -0.39 is 6.10 Å². The predicted molar refractivity (Wildman–Crippen MR) is 87.4 cm³/mol. The lowest BCUT2D eigenvalue weighted by molar-refractivity contribution is 0.112.